The number of methoxy groups -OCH3 is 1. The summed E-state index contributed by atoms with van der Waals surface area (Å²) in [6.07, 6.45) is -0.262. The molecule has 10 heteroatoms. The van der Waals surface area contributed by atoms with Gasteiger partial charge in [0.2, 0.25) is 5.91 Å². The van der Waals surface area contributed by atoms with E-state index in [-0.39, 0.29) is 41.9 Å². The van der Waals surface area contributed by atoms with E-state index in [1.807, 2.05) is 52.1 Å². The Labute approximate surface area is 249 Å². The molecule has 1 amide bonds. The topological polar surface area (TPSA) is 108 Å². The zero-order chi connectivity index (χ0) is 30.4. The van der Waals surface area contributed by atoms with Crippen LogP contribution >= 0.6 is 0 Å². The molecule has 0 radical (unpaired) electrons. The molecule has 226 valence electrons. The van der Waals surface area contributed by atoms with Crippen molar-refractivity contribution in [2.75, 3.05) is 38.6 Å². The van der Waals surface area contributed by atoms with Crippen LogP contribution < -0.4 is 14.2 Å². The Bertz CT molecular complexity index is 1460. The van der Waals surface area contributed by atoms with Gasteiger partial charge in [0.1, 0.15) is 17.6 Å². The summed E-state index contributed by atoms with van der Waals surface area (Å²) in [5, 5.41) is 9.91. The molecule has 0 unspecified atom stereocenters. The second-order valence-electron chi connectivity index (χ2n) is 11.2. The van der Waals surface area contributed by atoms with Crippen LogP contribution in [0.1, 0.15) is 30.5 Å². The second-order valence-corrected chi connectivity index (χ2v) is 12.9. The number of aryl methyl sites for hydroxylation is 1. The number of aliphatic hydroxyl groups excluding tert-OH is 1. The number of carbonyl (C=O) groups excluding carboxylic acids is 1. The van der Waals surface area contributed by atoms with E-state index in [4.69, 9.17) is 9.47 Å². The number of nitrogens with one attached hydrogen (secondary N) is 1. The van der Waals surface area contributed by atoms with Crippen LogP contribution in [-0.2, 0) is 27.8 Å². The first-order valence-corrected chi connectivity index (χ1v) is 15.6. The number of aliphatic hydroxyl groups is 1. The third-order valence-corrected chi connectivity index (χ3v) is 9.00. The first-order chi connectivity index (χ1) is 20.0. The third kappa shape index (κ3) is 7.81. The maximum atomic E-state index is 13.5. The van der Waals surface area contributed by atoms with Crippen molar-refractivity contribution >= 4 is 21.6 Å². The van der Waals surface area contributed by atoms with Crippen molar-refractivity contribution in [3.63, 3.8) is 0 Å². The van der Waals surface area contributed by atoms with Gasteiger partial charge in [0.25, 0.3) is 10.0 Å². The standard InChI is InChI=1S/C32H41N3O6S/c1-22-6-13-29(14-7-22)42(38,39)33-27-10-15-30-26(16-27)17-32(37)35(24(3)21-36)18-23(2)31(41-30)20-34(4)19-25-8-11-28(40-5)12-9-25/h6-16,23-24,31,33,36H,17-21H2,1-5H3/t23-,24+,31+/m1/s1. The van der Waals surface area contributed by atoms with Gasteiger partial charge in [-0.2, -0.15) is 0 Å². The van der Waals surface area contributed by atoms with Crippen molar-refractivity contribution in [2.24, 2.45) is 5.92 Å². The minimum atomic E-state index is -3.83. The fraction of sp³-hybridized carbons (Fsp3) is 0.406. The van der Waals surface area contributed by atoms with Crippen molar-refractivity contribution in [3.05, 3.63) is 83.4 Å². The Hall–Kier alpha value is -3.60. The molecule has 4 rings (SSSR count). The number of benzene rings is 3. The highest BCUT2D eigenvalue weighted by Crippen LogP contribution is 2.30. The lowest BCUT2D eigenvalue weighted by molar-refractivity contribution is -0.134. The van der Waals surface area contributed by atoms with E-state index >= 15 is 0 Å². The molecule has 0 saturated carbocycles. The Morgan fingerprint density at radius 1 is 1.12 bits per heavy atom. The molecule has 9 nitrogen and oxygen atoms in total. The lowest BCUT2D eigenvalue weighted by Gasteiger charge is -2.34. The van der Waals surface area contributed by atoms with E-state index in [2.05, 4.69) is 9.62 Å². The summed E-state index contributed by atoms with van der Waals surface area (Å²) in [7, 11) is -0.160. The van der Waals surface area contributed by atoms with Gasteiger partial charge in [-0.05, 0) is 68.9 Å². The van der Waals surface area contributed by atoms with E-state index in [1.165, 1.54) is 0 Å². The molecule has 1 heterocycles. The quantitative estimate of drug-likeness (QED) is 0.364. The second kappa shape index (κ2) is 13.6. The molecule has 0 bridgehead atoms. The van der Waals surface area contributed by atoms with Crippen LogP contribution in [0.25, 0.3) is 0 Å². The van der Waals surface area contributed by atoms with Gasteiger partial charge in [-0.1, -0.05) is 36.8 Å². The molecule has 0 aromatic heterocycles. The Kier molecular flexibility index (Phi) is 10.1. The van der Waals surface area contributed by atoms with Crippen molar-refractivity contribution in [1.29, 1.82) is 0 Å². The number of amides is 1. The zero-order valence-corrected chi connectivity index (χ0v) is 25.7. The van der Waals surface area contributed by atoms with Gasteiger partial charge in [0.05, 0.1) is 31.1 Å². The van der Waals surface area contributed by atoms with Crippen molar-refractivity contribution in [1.82, 2.24) is 9.80 Å². The molecular weight excluding hydrogens is 554 g/mol. The van der Waals surface area contributed by atoms with Crippen molar-refractivity contribution in [2.45, 2.75) is 50.8 Å². The minimum absolute atomic E-state index is 0.0148. The highest BCUT2D eigenvalue weighted by atomic mass is 32.2. The number of anilines is 1. The number of ether oxygens (including phenoxy) is 2. The predicted octanol–water partition coefficient (Wildman–Crippen LogP) is 4.09. The summed E-state index contributed by atoms with van der Waals surface area (Å²) in [5.41, 5.74) is 3.01. The fourth-order valence-corrected chi connectivity index (χ4v) is 6.11. The summed E-state index contributed by atoms with van der Waals surface area (Å²) in [6.45, 7) is 7.30. The van der Waals surface area contributed by atoms with Crippen molar-refractivity contribution in [3.8, 4) is 11.5 Å². The smallest absolute Gasteiger partial charge is 0.261 e. The summed E-state index contributed by atoms with van der Waals surface area (Å²) < 4.78 is 40.6. The zero-order valence-electron chi connectivity index (χ0n) is 24.9. The predicted molar refractivity (Wildman–Crippen MR) is 163 cm³/mol. The van der Waals surface area contributed by atoms with Gasteiger partial charge in [0, 0.05) is 36.8 Å². The van der Waals surface area contributed by atoms with Crippen LogP contribution in [0.2, 0.25) is 0 Å². The highest BCUT2D eigenvalue weighted by molar-refractivity contribution is 7.92. The normalized spacial score (nSPS) is 18.4. The molecule has 2 N–H and O–H groups in total. The molecule has 0 fully saturated rings. The van der Waals surface area contributed by atoms with E-state index in [0.29, 0.717) is 36.6 Å². The van der Waals surface area contributed by atoms with Crippen LogP contribution in [0.15, 0.2) is 71.6 Å². The van der Waals surface area contributed by atoms with Gasteiger partial charge in [-0.25, -0.2) is 8.42 Å². The van der Waals surface area contributed by atoms with Gasteiger partial charge in [-0.3, -0.25) is 14.4 Å². The van der Waals surface area contributed by atoms with Gasteiger partial charge in [0.15, 0.2) is 0 Å². The van der Waals surface area contributed by atoms with Crippen LogP contribution in [0.3, 0.4) is 0 Å². The molecule has 3 atom stereocenters. The first-order valence-electron chi connectivity index (χ1n) is 14.1. The summed E-state index contributed by atoms with van der Waals surface area (Å²) >= 11 is 0. The summed E-state index contributed by atoms with van der Waals surface area (Å²) in [4.78, 5) is 17.5. The fourth-order valence-electron chi connectivity index (χ4n) is 5.06. The average Bonchev–Trinajstić information content (AvgIpc) is 3.00. The number of likely N-dealkylation sites (N-methyl/N-ethyl adjacent to an activating group) is 1. The number of hydrogen-bond acceptors (Lipinski definition) is 7. The van der Waals surface area contributed by atoms with Gasteiger partial charge in [-0.15, -0.1) is 0 Å². The third-order valence-electron chi connectivity index (χ3n) is 7.60. The molecule has 3 aromatic rings. The summed E-state index contributed by atoms with van der Waals surface area (Å²) in [5.74, 6) is 1.13. The average molecular weight is 596 g/mol. The highest BCUT2D eigenvalue weighted by Gasteiger charge is 2.31. The molecule has 0 saturated heterocycles. The lowest BCUT2D eigenvalue weighted by Crippen LogP contribution is -2.47. The van der Waals surface area contributed by atoms with Gasteiger partial charge >= 0.3 is 0 Å². The van der Waals surface area contributed by atoms with E-state index < -0.39 is 10.0 Å². The number of fused-ring (bicyclic) bond motifs is 1. The number of hydrogen-bond donors (Lipinski definition) is 2. The Morgan fingerprint density at radius 2 is 1.81 bits per heavy atom. The molecule has 0 spiro atoms. The molecule has 1 aliphatic heterocycles. The van der Waals surface area contributed by atoms with Crippen LogP contribution in [0, 0.1) is 12.8 Å². The largest absolute Gasteiger partial charge is 0.497 e. The van der Waals surface area contributed by atoms with Crippen molar-refractivity contribution < 1.29 is 27.8 Å². The first kappa shape index (κ1) is 31.3. The number of nitrogens with zero attached hydrogens (tertiary/aromatic N) is 2. The molecular formula is C32H41N3O6S. The van der Waals surface area contributed by atoms with Crippen LogP contribution in [0.4, 0.5) is 5.69 Å². The molecule has 1 aliphatic rings. The summed E-state index contributed by atoms with van der Waals surface area (Å²) in [6, 6.07) is 19.2. The Balaban J connectivity index is 1.61. The molecule has 3 aromatic carbocycles. The SMILES string of the molecule is COc1ccc(CN(C)C[C@@H]2Oc3ccc(NS(=O)(=O)c4ccc(C)cc4)cc3CC(=O)N([C@@H](C)CO)C[C@H]2C)cc1. The maximum Gasteiger partial charge on any atom is 0.261 e. The van der Waals surface area contributed by atoms with E-state index in [1.54, 1.807) is 54.5 Å². The number of rotatable bonds is 10. The van der Waals surface area contributed by atoms with Crippen LogP contribution in [-0.4, -0.2) is 75.2 Å². The minimum Gasteiger partial charge on any atom is -0.497 e. The molecule has 42 heavy (non-hydrogen) atoms. The lowest BCUT2D eigenvalue weighted by atomic mass is 10.0. The number of carbonyl (C=O) groups is 1. The van der Waals surface area contributed by atoms with Crippen LogP contribution in [0.5, 0.6) is 11.5 Å². The van der Waals surface area contributed by atoms with Gasteiger partial charge < -0.3 is 19.5 Å². The maximum absolute atomic E-state index is 13.5. The van der Waals surface area contributed by atoms with E-state index in [9.17, 15) is 18.3 Å². The Morgan fingerprint density at radius 3 is 2.45 bits per heavy atom. The monoisotopic (exact) mass is 595 g/mol. The molecule has 0 aliphatic carbocycles. The number of sulfonamides is 1. The van der Waals surface area contributed by atoms with E-state index in [0.717, 1.165) is 16.9 Å².